The number of sulfonamides is 1. The van der Waals surface area contributed by atoms with Gasteiger partial charge in [-0.2, -0.15) is 9.57 Å². The van der Waals surface area contributed by atoms with E-state index in [4.69, 9.17) is 5.26 Å². The van der Waals surface area contributed by atoms with Crippen molar-refractivity contribution in [1.82, 2.24) is 4.31 Å². The number of rotatable bonds is 5. The first kappa shape index (κ1) is 18.1. The van der Waals surface area contributed by atoms with E-state index < -0.39 is 10.0 Å². The second kappa shape index (κ2) is 7.68. The number of anilines is 1. The maximum atomic E-state index is 12.5. The first-order valence-corrected chi connectivity index (χ1v) is 9.93. The first-order chi connectivity index (χ1) is 12.5. The number of amides is 1. The Balaban J connectivity index is 1.56. The Morgan fingerprint density at radius 1 is 1.12 bits per heavy atom. The van der Waals surface area contributed by atoms with Crippen LogP contribution >= 0.6 is 0 Å². The Kier molecular flexibility index (Phi) is 5.35. The summed E-state index contributed by atoms with van der Waals surface area (Å²) in [6, 6.07) is 16.2. The molecule has 1 amide bonds. The molecule has 0 bridgehead atoms. The van der Waals surface area contributed by atoms with Crippen molar-refractivity contribution in [2.24, 2.45) is 0 Å². The molecule has 0 aliphatic carbocycles. The molecule has 2 aromatic carbocycles. The van der Waals surface area contributed by atoms with E-state index in [0.717, 1.165) is 5.56 Å². The molecule has 1 heterocycles. The lowest BCUT2D eigenvalue weighted by Crippen LogP contribution is -2.38. The van der Waals surface area contributed by atoms with E-state index in [0.29, 0.717) is 30.8 Å². The molecule has 1 aliphatic heterocycles. The van der Waals surface area contributed by atoms with Crippen LogP contribution in [0.5, 0.6) is 0 Å². The molecule has 0 radical (unpaired) electrons. The summed E-state index contributed by atoms with van der Waals surface area (Å²) in [6.07, 6.45) is 0.577. The van der Waals surface area contributed by atoms with E-state index in [9.17, 15) is 13.2 Å². The van der Waals surface area contributed by atoms with Gasteiger partial charge in [-0.05, 0) is 41.8 Å². The number of nitrogens with one attached hydrogen (secondary N) is 1. The number of fused-ring (bicyclic) bond motifs is 1. The van der Waals surface area contributed by atoms with Crippen LogP contribution in [0.15, 0.2) is 48.5 Å². The molecular formula is C19H19N3O3S. The molecule has 0 saturated carbocycles. The first-order valence-electron chi connectivity index (χ1n) is 8.32. The van der Waals surface area contributed by atoms with Gasteiger partial charge in [0.1, 0.15) is 0 Å². The molecule has 6 nitrogen and oxygen atoms in total. The molecule has 0 unspecified atom stereocenters. The van der Waals surface area contributed by atoms with Gasteiger partial charge in [0.15, 0.2) is 0 Å². The minimum Gasteiger partial charge on any atom is -0.326 e. The number of carbonyl (C=O) groups is 1. The Bertz CT molecular complexity index is 947. The third kappa shape index (κ3) is 4.28. The predicted molar refractivity (Wildman–Crippen MR) is 98.7 cm³/mol. The molecule has 7 heteroatoms. The Morgan fingerprint density at radius 2 is 1.81 bits per heavy atom. The fourth-order valence-corrected chi connectivity index (χ4v) is 4.32. The molecule has 0 fully saturated rings. The number of nitriles is 1. The van der Waals surface area contributed by atoms with E-state index in [1.54, 1.807) is 24.3 Å². The molecule has 3 rings (SSSR count). The van der Waals surface area contributed by atoms with Gasteiger partial charge in [-0.25, -0.2) is 8.42 Å². The molecule has 26 heavy (non-hydrogen) atoms. The van der Waals surface area contributed by atoms with Crippen molar-refractivity contribution in [3.05, 3.63) is 65.2 Å². The fraction of sp³-hybridized carbons (Fsp3) is 0.263. The van der Waals surface area contributed by atoms with Gasteiger partial charge < -0.3 is 5.32 Å². The van der Waals surface area contributed by atoms with Crippen molar-refractivity contribution >= 4 is 21.6 Å². The maximum Gasteiger partial charge on any atom is 0.225 e. The summed E-state index contributed by atoms with van der Waals surface area (Å²) in [4.78, 5) is 12.0. The van der Waals surface area contributed by atoms with Crippen LogP contribution < -0.4 is 5.32 Å². The molecule has 1 N–H and O–H groups in total. The topological polar surface area (TPSA) is 90.3 Å². The predicted octanol–water partition coefficient (Wildman–Crippen LogP) is 2.27. The quantitative estimate of drug-likeness (QED) is 0.875. The van der Waals surface area contributed by atoms with Crippen LogP contribution in [0.25, 0.3) is 0 Å². The summed E-state index contributed by atoms with van der Waals surface area (Å²) in [6.45, 7) is 0.798. The zero-order valence-electron chi connectivity index (χ0n) is 14.2. The van der Waals surface area contributed by atoms with Gasteiger partial charge in [0.25, 0.3) is 0 Å². The summed E-state index contributed by atoms with van der Waals surface area (Å²) in [7, 11) is -3.49. The van der Waals surface area contributed by atoms with Crippen molar-refractivity contribution < 1.29 is 13.2 Å². The third-order valence-electron chi connectivity index (χ3n) is 4.37. The second-order valence-corrected chi connectivity index (χ2v) is 8.24. The summed E-state index contributed by atoms with van der Waals surface area (Å²) in [5.41, 5.74) is 3.23. The zero-order chi connectivity index (χ0) is 18.6. The number of benzene rings is 2. The van der Waals surface area contributed by atoms with Crippen LogP contribution in [0.1, 0.15) is 23.1 Å². The third-order valence-corrected chi connectivity index (χ3v) is 6.19. The molecule has 2 aromatic rings. The van der Waals surface area contributed by atoms with E-state index >= 15 is 0 Å². The Hall–Kier alpha value is -2.69. The number of hydrogen-bond acceptors (Lipinski definition) is 4. The molecule has 0 atom stereocenters. The second-order valence-electron chi connectivity index (χ2n) is 6.16. The van der Waals surface area contributed by atoms with Gasteiger partial charge in [0.05, 0.1) is 17.4 Å². The molecule has 0 saturated heterocycles. The van der Waals surface area contributed by atoms with Gasteiger partial charge in [0.2, 0.25) is 15.9 Å². The zero-order valence-corrected chi connectivity index (χ0v) is 15.0. The van der Waals surface area contributed by atoms with Gasteiger partial charge in [-0.15, -0.1) is 0 Å². The van der Waals surface area contributed by atoms with Crippen molar-refractivity contribution in [2.75, 3.05) is 17.6 Å². The summed E-state index contributed by atoms with van der Waals surface area (Å²) in [5.74, 6) is -0.590. The smallest absolute Gasteiger partial charge is 0.225 e. The van der Waals surface area contributed by atoms with Crippen LogP contribution in [-0.2, 0) is 27.8 Å². The normalized spacial score (nSPS) is 14.3. The Labute approximate surface area is 153 Å². The van der Waals surface area contributed by atoms with E-state index in [-0.39, 0.29) is 18.1 Å². The standard InChI is InChI=1S/C19H19N3O3S/c20-13-15-5-7-18(8-6-15)21-19(23)10-12-26(24,25)22-11-9-16-3-1-2-4-17(16)14-22/h1-8H,9-12,14H2,(H,21,23). The number of hydrogen-bond donors (Lipinski definition) is 1. The molecule has 0 aromatic heterocycles. The summed E-state index contributed by atoms with van der Waals surface area (Å²) in [5, 5.41) is 11.4. The minimum absolute atomic E-state index is 0.111. The van der Waals surface area contributed by atoms with Crippen LogP contribution in [0, 0.1) is 11.3 Å². The highest BCUT2D eigenvalue weighted by Gasteiger charge is 2.26. The van der Waals surface area contributed by atoms with Gasteiger partial charge in [0, 0.05) is 25.2 Å². The van der Waals surface area contributed by atoms with Crippen LogP contribution in [0.3, 0.4) is 0 Å². The average Bonchev–Trinajstić information content (AvgIpc) is 2.67. The monoisotopic (exact) mass is 369 g/mol. The SMILES string of the molecule is N#Cc1ccc(NC(=O)CCS(=O)(=O)N2CCc3ccccc3C2)cc1. The lowest BCUT2D eigenvalue weighted by Gasteiger charge is -2.28. The van der Waals surface area contributed by atoms with E-state index in [1.165, 1.54) is 9.87 Å². The van der Waals surface area contributed by atoms with Gasteiger partial charge in [-0.3, -0.25) is 4.79 Å². The molecule has 0 spiro atoms. The summed E-state index contributed by atoms with van der Waals surface area (Å²) >= 11 is 0. The lowest BCUT2D eigenvalue weighted by molar-refractivity contribution is -0.115. The van der Waals surface area contributed by atoms with Crippen molar-refractivity contribution in [3.8, 4) is 6.07 Å². The Morgan fingerprint density at radius 3 is 2.50 bits per heavy atom. The average molecular weight is 369 g/mol. The summed E-state index contributed by atoms with van der Waals surface area (Å²) < 4.78 is 26.5. The maximum absolute atomic E-state index is 12.5. The van der Waals surface area contributed by atoms with Crippen molar-refractivity contribution in [2.45, 2.75) is 19.4 Å². The van der Waals surface area contributed by atoms with Crippen LogP contribution in [-0.4, -0.2) is 30.9 Å². The highest BCUT2D eigenvalue weighted by molar-refractivity contribution is 7.89. The largest absolute Gasteiger partial charge is 0.326 e. The van der Waals surface area contributed by atoms with Gasteiger partial charge in [-0.1, -0.05) is 24.3 Å². The van der Waals surface area contributed by atoms with E-state index in [1.807, 2.05) is 30.3 Å². The van der Waals surface area contributed by atoms with Crippen molar-refractivity contribution in [3.63, 3.8) is 0 Å². The molecule has 134 valence electrons. The van der Waals surface area contributed by atoms with Crippen LogP contribution in [0.4, 0.5) is 5.69 Å². The lowest BCUT2D eigenvalue weighted by atomic mass is 10.0. The van der Waals surface area contributed by atoms with Crippen molar-refractivity contribution in [1.29, 1.82) is 5.26 Å². The number of nitrogens with zero attached hydrogens (tertiary/aromatic N) is 2. The van der Waals surface area contributed by atoms with Crippen LogP contribution in [0.2, 0.25) is 0 Å². The fourth-order valence-electron chi connectivity index (χ4n) is 2.91. The number of carbonyl (C=O) groups excluding carboxylic acids is 1. The molecular weight excluding hydrogens is 350 g/mol. The minimum atomic E-state index is -3.49. The van der Waals surface area contributed by atoms with E-state index in [2.05, 4.69) is 5.32 Å². The highest BCUT2D eigenvalue weighted by Crippen LogP contribution is 2.21. The highest BCUT2D eigenvalue weighted by atomic mass is 32.2. The molecule has 1 aliphatic rings. The van der Waals surface area contributed by atoms with Gasteiger partial charge >= 0.3 is 0 Å².